The zero-order valence-electron chi connectivity index (χ0n) is 14.5. The molecule has 1 saturated heterocycles. The third kappa shape index (κ3) is 5.03. The minimum Gasteiger partial charge on any atom is -0.450 e. The maximum Gasteiger partial charge on any atom is 0.407 e. The molecule has 7 nitrogen and oxygen atoms in total. The van der Waals surface area contributed by atoms with Crippen molar-refractivity contribution in [3.05, 3.63) is 36.2 Å². The van der Waals surface area contributed by atoms with E-state index in [9.17, 15) is 4.79 Å². The van der Waals surface area contributed by atoms with Gasteiger partial charge in [0.05, 0.1) is 6.61 Å². The van der Waals surface area contributed by atoms with Gasteiger partial charge < -0.3 is 19.5 Å². The van der Waals surface area contributed by atoms with Crippen LogP contribution in [-0.4, -0.2) is 53.4 Å². The molecule has 0 saturated carbocycles. The van der Waals surface area contributed by atoms with Crippen LogP contribution in [0.25, 0.3) is 11.4 Å². The molecule has 1 amide bonds. The van der Waals surface area contributed by atoms with Crippen LogP contribution in [0.1, 0.15) is 25.7 Å². The smallest absolute Gasteiger partial charge is 0.407 e. The maximum atomic E-state index is 11.5. The van der Waals surface area contributed by atoms with Crippen LogP contribution in [0.4, 0.5) is 4.79 Å². The molecule has 7 heteroatoms. The molecule has 25 heavy (non-hydrogen) atoms. The fraction of sp³-hybridized carbons (Fsp3) is 0.500. The van der Waals surface area contributed by atoms with E-state index in [4.69, 9.17) is 9.26 Å². The molecular weight excluding hydrogens is 320 g/mol. The number of benzene rings is 1. The van der Waals surface area contributed by atoms with Crippen molar-refractivity contribution in [3.63, 3.8) is 0 Å². The molecular formula is C18H24N4O3. The summed E-state index contributed by atoms with van der Waals surface area (Å²) in [5.74, 6) is 1.26. The van der Waals surface area contributed by atoms with E-state index in [2.05, 4.69) is 20.4 Å². The van der Waals surface area contributed by atoms with Crippen molar-refractivity contribution in [3.8, 4) is 11.4 Å². The Morgan fingerprint density at radius 1 is 1.40 bits per heavy atom. The molecule has 1 N–H and O–H groups in total. The van der Waals surface area contributed by atoms with E-state index in [1.165, 1.54) is 0 Å². The highest BCUT2D eigenvalue weighted by atomic mass is 16.5. The van der Waals surface area contributed by atoms with Crippen molar-refractivity contribution in [2.75, 3.05) is 26.2 Å². The van der Waals surface area contributed by atoms with Crippen LogP contribution in [0, 0.1) is 0 Å². The molecule has 3 rings (SSSR count). The number of carbonyl (C=O) groups is 1. The number of likely N-dealkylation sites (tertiary alicyclic amines) is 1. The van der Waals surface area contributed by atoms with Crippen LogP contribution in [0.3, 0.4) is 0 Å². The molecule has 1 aromatic carbocycles. The predicted molar refractivity (Wildman–Crippen MR) is 93.1 cm³/mol. The van der Waals surface area contributed by atoms with E-state index >= 15 is 0 Å². The second-order valence-electron chi connectivity index (χ2n) is 6.13. The third-order valence-electron chi connectivity index (χ3n) is 4.24. The summed E-state index contributed by atoms with van der Waals surface area (Å²) in [6.45, 7) is 4.86. The standard InChI is InChI=1S/C18H24N4O3/c1-2-24-18(23)19-15-9-6-11-22(13-15)12-10-16-20-17(21-25-16)14-7-4-3-5-8-14/h3-5,7-8,15H,2,6,9-13H2,1H3,(H,19,23)/t15-/m1/s1. The van der Waals surface area contributed by atoms with Gasteiger partial charge in [0.25, 0.3) is 0 Å². The quantitative estimate of drug-likeness (QED) is 0.867. The minimum atomic E-state index is -0.334. The third-order valence-corrected chi connectivity index (χ3v) is 4.24. The topological polar surface area (TPSA) is 80.5 Å². The van der Waals surface area contributed by atoms with E-state index in [1.807, 2.05) is 30.3 Å². The van der Waals surface area contributed by atoms with Gasteiger partial charge >= 0.3 is 6.09 Å². The monoisotopic (exact) mass is 344 g/mol. The van der Waals surface area contributed by atoms with Crippen LogP contribution in [0.5, 0.6) is 0 Å². The Balaban J connectivity index is 1.48. The Hall–Kier alpha value is -2.41. The number of ether oxygens (including phenoxy) is 1. The molecule has 1 aliphatic heterocycles. The second kappa shape index (κ2) is 8.62. The van der Waals surface area contributed by atoms with Gasteiger partial charge in [-0.2, -0.15) is 4.98 Å². The first-order valence-corrected chi connectivity index (χ1v) is 8.78. The van der Waals surface area contributed by atoms with Gasteiger partial charge in [0.15, 0.2) is 0 Å². The highest BCUT2D eigenvalue weighted by Gasteiger charge is 2.22. The van der Waals surface area contributed by atoms with Gasteiger partial charge in [0, 0.05) is 31.1 Å². The molecule has 134 valence electrons. The fourth-order valence-corrected chi connectivity index (χ4v) is 3.03. The molecule has 0 aliphatic carbocycles. The molecule has 2 heterocycles. The van der Waals surface area contributed by atoms with E-state index < -0.39 is 0 Å². The van der Waals surface area contributed by atoms with E-state index in [-0.39, 0.29) is 12.1 Å². The lowest BCUT2D eigenvalue weighted by Gasteiger charge is -2.32. The van der Waals surface area contributed by atoms with Gasteiger partial charge in [0.1, 0.15) is 0 Å². The molecule has 0 spiro atoms. The van der Waals surface area contributed by atoms with Gasteiger partial charge in [0.2, 0.25) is 11.7 Å². The largest absolute Gasteiger partial charge is 0.450 e. The Labute approximate surface area is 147 Å². The SMILES string of the molecule is CCOC(=O)N[C@@H]1CCCN(CCc2nc(-c3ccccc3)no2)C1. The summed E-state index contributed by atoms with van der Waals surface area (Å²) in [4.78, 5) is 18.3. The zero-order chi connectivity index (χ0) is 17.5. The average Bonchev–Trinajstić information content (AvgIpc) is 3.10. The predicted octanol–water partition coefficient (Wildman–Crippen LogP) is 2.49. The van der Waals surface area contributed by atoms with Crippen LogP contribution in [0.2, 0.25) is 0 Å². The van der Waals surface area contributed by atoms with Gasteiger partial charge in [-0.05, 0) is 26.3 Å². The Kier molecular flexibility index (Phi) is 6.00. The van der Waals surface area contributed by atoms with Crippen molar-refractivity contribution in [2.24, 2.45) is 0 Å². The van der Waals surface area contributed by atoms with Crippen molar-refractivity contribution >= 4 is 6.09 Å². The van der Waals surface area contributed by atoms with E-state index in [0.29, 0.717) is 24.7 Å². The summed E-state index contributed by atoms with van der Waals surface area (Å²) in [5, 5.41) is 6.97. The Bertz CT molecular complexity index is 674. The fourth-order valence-electron chi connectivity index (χ4n) is 3.03. The van der Waals surface area contributed by atoms with E-state index in [1.54, 1.807) is 6.92 Å². The van der Waals surface area contributed by atoms with Crippen molar-refractivity contribution < 1.29 is 14.1 Å². The summed E-state index contributed by atoms with van der Waals surface area (Å²) in [7, 11) is 0. The lowest BCUT2D eigenvalue weighted by atomic mass is 10.1. The van der Waals surface area contributed by atoms with Crippen molar-refractivity contribution in [1.29, 1.82) is 0 Å². The number of hydrogen-bond donors (Lipinski definition) is 1. The second-order valence-corrected chi connectivity index (χ2v) is 6.13. The summed E-state index contributed by atoms with van der Waals surface area (Å²) in [6.07, 6.45) is 2.40. The molecule has 1 atom stereocenters. The minimum absolute atomic E-state index is 0.135. The number of piperidine rings is 1. The molecule has 2 aromatic rings. The molecule has 0 radical (unpaired) electrons. The maximum absolute atomic E-state index is 11.5. The first-order chi connectivity index (χ1) is 12.2. The first-order valence-electron chi connectivity index (χ1n) is 8.78. The number of amides is 1. The molecule has 1 fully saturated rings. The molecule has 1 aliphatic rings. The van der Waals surface area contributed by atoms with E-state index in [0.717, 1.165) is 38.0 Å². The number of alkyl carbamates (subject to hydrolysis) is 1. The summed E-state index contributed by atoms with van der Waals surface area (Å²) in [6, 6.07) is 9.93. The highest BCUT2D eigenvalue weighted by molar-refractivity contribution is 5.67. The lowest BCUT2D eigenvalue weighted by Crippen LogP contribution is -2.48. The molecule has 1 aromatic heterocycles. The highest BCUT2D eigenvalue weighted by Crippen LogP contribution is 2.16. The number of carbonyl (C=O) groups excluding carboxylic acids is 1. The summed E-state index contributed by atoms with van der Waals surface area (Å²) >= 11 is 0. The normalized spacial score (nSPS) is 18.0. The number of rotatable bonds is 6. The van der Waals surface area contributed by atoms with Gasteiger partial charge in [-0.3, -0.25) is 0 Å². The zero-order valence-corrected chi connectivity index (χ0v) is 14.5. The van der Waals surface area contributed by atoms with Crippen molar-refractivity contribution in [1.82, 2.24) is 20.4 Å². The Morgan fingerprint density at radius 3 is 3.04 bits per heavy atom. The van der Waals surface area contributed by atoms with Crippen LogP contribution < -0.4 is 5.32 Å². The van der Waals surface area contributed by atoms with Crippen molar-refractivity contribution in [2.45, 2.75) is 32.2 Å². The van der Waals surface area contributed by atoms with Crippen LogP contribution in [-0.2, 0) is 11.2 Å². The molecule has 0 unspecified atom stereocenters. The Morgan fingerprint density at radius 2 is 2.24 bits per heavy atom. The average molecular weight is 344 g/mol. The summed E-state index contributed by atoms with van der Waals surface area (Å²) in [5.41, 5.74) is 0.953. The lowest BCUT2D eigenvalue weighted by molar-refractivity contribution is 0.133. The van der Waals surface area contributed by atoms with Crippen LogP contribution in [0.15, 0.2) is 34.9 Å². The molecule has 0 bridgehead atoms. The number of nitrogens with zero attached hydrogens (tertiary/aromatic N) is 3. The number of nitrogens with one attached hydrogen (secondary N) is 1. The number of hydrogen-bond acceptors (Lipinski definition) is 6. The number of aromatic nitrogens is 2. The van der Waals surface area contributed by atoms with Crippen LogP contribution >= 0.6 is 0 Å². The summed E-state index contributed by atoms with van der Waals surface area (Å²) < 4.78 is 10.3. The van der Waals surface area contributed by atoms with Gasteiger partial charge in [-0.25, -0.2) is 4.79 Å². The van der Waals surface area contributed by atoms with Gasteiger partial charge in [-0.15, -0.1) is 0 Å². The van der Waals surface area contributed by atoms with Gasteiger partial charge in [-0.1, -0.05) is 35.5 Å². The first kappa shape index (κ1) is 17.4.